The molecule has 5 nitrogen and oxygen atoms in total. The van der Waals surface area contributed by atoms with Crippen molar-refractivity contribution < 1.29 is 4.42 Å². The first-order valence-electron chi connectivity index (χ1n) is 18.8. The van der Waals surface area contributed by atoms with Gasteiger partial charge in [-0.25, -0.2) is 15.0 Å². The molecule has 0 N–H and O–H groups in total. The molecular weight excluding hydrogens is 685 g/mol. The zero-order valence-electron chi connectivity index (χ0n) is 30.2. The molecule has 0 aliphatic heterocycles. The van der Waals surface area contributed by atoms with Gasteiger partial charge in [0.1, 0.15) is 5.58 Å². The lowest BCUT2D eigenvalue weighted by Crippen LogP contribution is -2.00. The van der Waals surface area contributed by atoms with E-state index in [0.717, 1.165) is 60.9 Å². The smallest absolute Gasteiger partial charge is 0.164 e. The van der Waals surface area contributed by atoms with Crippen LogP contribution in [0, 0.1) is 0 Å². The Bertz CT molecular complexity index is 3170. The second-order valence-corrected chi connectivity index (χ2v) is 14.0. The van der Waals surface area contributed by atoms with Gasteiger partial charge in [0, 0.05) is 38.2 Å². The van der Waals surface area contributed by atoms with E-state index >= 15 is 0 Å². The molecule has 0 unspecified atom stereocenters. The first kappa shape index (κ1) is 31.9. The third-order valence-corrected chi connectivity index (χ3v) is 10.7. The summed E-state index contributed by atoms with van der Waals surface area (Å²) in [6.45, 7) is 0. The lowest BCUT2D eigenvalue weighted by atomic mass is 10.0. The zero-order valence-corrected chi connectivity index (χ0v) is 30.2. The predicted molar refractivity (Wildman–Crippen MR) is 229 cm³/mol. The quantitative estimate of drug-likeness (QED) is 0.172. The summed E-state index contributed by atoms with van der Waals surface area (Å²) in [5.74, 6) is 1.83. The molecule has 0 fully saturated rings. The van der Waals surface area contributed by atoms with Crippen molar-refractivity contribution in [1.82, 2.24) is 19.5 Å². The largest absolute Gasteiger partial charge is 0.454 e. The van der Waals surface area contributed by atoms with E-state index in [9.17, 15) is 0 Å². The van der Waals surface area contributed by atoms with Gasteiger partial charge in [0.25, 0.3) is 0 Å². The number of rotatable bonds is 6. The van der Waals surface area contributed by atoms with Crippen molar-refractivity contribution >= 4 is 43.7 Å². The van der Waals surface area contributed by atoms with E-state index in [-0.39, 0.29) is 0 Å². The number of benzene rings is 8. The van der Waals surface area contributed by atoms with Crippen molar-refractivity contribution in [3.63, 3.8) is 0 Å². The highest BCUT2D eigenvalue weighted by atomic mass is 16.3. The average molecular weight is 717 g/mol. The molecule has 56 heavy (non-hydrogen) atoms. The number of furan rings is 1. The highest BCUT2D eigenvalue weighted by Gasteiger charge is 2.20. The maximum Gasteiger partial charge on any atom is 0.164 e. The van der Waals surface area contributed by atoms with Crippen LogP contribution in [0.1, 0.15) is 0 Å². The van der Waals surface area contributed by atoms with Crippen LogP contribution in [-0.4, -0.2) is 19.5 Å². The molecular formula is C51H32N4O. The van der Waals surface area contributed by atoms with Crippen LogP contribution in [0.25, 0.3) is 106 Å². The number of hydrogen-bond acceptors (Lipinski definition) is 4. The molecule has 0 aliphatic carbocycles. The van der Waals surface area contributed by atoms with Crippen molar-refractivity contribution in [1.29, 1.82) is 0 Å². The lowest BCUT2D eigenvalue weighted by molar-refractivity contribution is 0.666. The van der Waals surface area contributed by atoms with Gasteiger partial charge in [-0.3, -0.25) is 0 Å². The second kappa shape index (κ2) is 13.0. The molecule has 0 spiro atoms. The fraction of sp³-hybridized carbons (Fsp3) is 0. The SMILES string of the molecule is c1ccc(-c2ccc3c(c2)c2ccc(-c4ccccc4)cc2n3-c2cccc3c2oc2cc(-c4nc(-c5ccccc5)nc(-c5ccccc5)n4)ccc23)cc1. The first-order valence-corrected chi connectivity index (χ1v) is 18.8. The Balaban J connectivity index is 1.11. The lowest BCUT2D eigenvalue weighted by Gasteiger charge is -2.10. The van der Waals surface area contributed by atoms with E-state index in [1.54, 1.807) is 0 Å². The minimum absolute atomic E-state index is 0.588. The Labute approximate surface area is 322 Å². The molecule has 0 aliphatic rings. The van der Waals surface area contributed by atoms with Crippen molar-refractivity contribution in [2.75, 3.05) is 0 Å². The summed E-state index contributed by atoms with van der Waals surface area (Å²) in [6, 6.07) is 67.5. The van der Waals surface area contributed by atoms with Crippen LogP contribution >= 0.6 is 0 Å². The van der Waals surface area contributed by atoms with Crippen molar-refractivity contribution in [3.8, 4) is 62.1 Å². The summed E-state index contributed by atoms with van der Waals surface area (Å²) in [7, 11) is 0. The number of aromatic nitrogens is 4. The van der Waals surface area contributed by atoms with E-state index in [1.165, 1.54) is 27.5 Å². The van der Waals surface area contributed by atoms with E-state index < -0.39 is 0 Å². The summed E-state index contributed by atoms with van der Waals surface area (Å²) in [6.07, 6.45) is 0. The van der Waals surface area contributed by atoms with Crippen LogP contribution < -0.4 is 0 Å². The Hall–Kier alpha value is -7.63. The Morgan fingerprint density at radius 2 is 0.839 bits per heavy atom. The van der Waals surface area contributed by atoms with Crippen molar-refractivity contribution in [2.24, 2.45) is 0 Å². The van der Waals surface area contributed by atoms with Crippen LogP contribution in [0.3, 0.4) is 0 Å². The summed E-state index contributed by atoms with van der Waals surface area (Å²) in [5, 5.41) is 4.45. The van der Waals surface area contributed by atoms with Crippen LogP contribution in [0.15, 0.2) is 199 Å². The molecule has 11 aromatic rings. The summed E-state index contributed by atoms with van der Waals surface area (Å²) < 4.78 is 9.28. The number of nitrogens with zero attached hydrogens (tertiary/aromatic N) is 4. The maximum atomic E-state index is 6.91. The topological polar surface area (TPSA) is 56.7 Å². The summed E-state index contributed by atoms with van der Waals surface area (Å²) in [5.41, 5.74) is 12.2. The zero-order chi connectivity index (χ0) is 37.0. The second-order valence-electron chi connectivity index (χ2n) is 14.0. The molecule has 5 heteroatoms. The first-order chi connectivity index (χ1) is 27.7. The molecule has 0 saturated carbocycles. The maximum absolute atomic E-state index is 6.91. The van der Waals surface area contributed by atoms with Gasteiger partial charge in [-0.2, -0.15) is 0 Å². The van der Waals surface area contributed by atoms with Gasteiger partial charge in [-0.05, 0) is 58.7 Å². The number of hydrogen-bond donors (Lipinski definition) is 0. The minimum atomic E-state index is 0.588. The third kappa shape index (κ3) is 5.37. The van der Waals surface area contributed by atoms with Crippen molar-refractivity contribution in [2.45, 2.75) is 0 Å². The Morgan fingerprint density at radius 3 is 1.46 bits per heavy atom. The van der Waals surface area contributed by atoms with Crippen molar-refractivity contribution in [3.05, 3.63) is 194 Å². The van der Waals surface area contributed by atoms with Gasteiger partial charge in [0.15, 0.2) is 23.1 Å². The van der Waals surface area contributed by atoms with E-state index in [4.69, 9.17) is 19.4 Å². The highest BCUT2D eigenvalue weighted by Crippen LogP contribution is 2.41. The average Bonchev–Trinajstić information content (AvgIpc) is 3.82. The molecule has 8 aromatic carbocycles. The molecule has 0 bridgehead atoms. The molecule has 3 aromatic heterocycles. The van der Waals surface area contributed by atoms with Gasteiger partial charge < -0.3 is 8.98 Å². The fourth-order valence-corrected chi connectivity index (χ4v) is 7.94. The van der Waals surface area contributed by atoms with E-state index in [1.807, 2.05) is 60.7 Å². The molecule has 0 amide bonds. The van der Waals surface area contributed by atoms with Gasteiger partial charge in [-0.15, -0.1) is 0 Å². The van der Waals surface area contributed by atoms with Crippen LogP contribution in [-0.2, 0) is 0 Å². The highest BCUT2D eigenvalue weighted by molar-refractivity contribution is 6.14. The molecule has 0 saturated heterocycles. The van der Waals surface area contributed by atoms with Crippen LogP contribution in [0.2, 0.25) is 0 Å². The third-order valence-electron chi connectivity index (χ3n) is 10.7. The Kier molecular flexibility index (Phi) is 7.42. The van der Waals surface area contributed by atoms with Gasteiger partial charge in [0.2, 0.25) is 0 Å². The van der Waals surface area contributed by atoms with E-state index in [2.05, 4.69) is 138 Å². The molecule has 3 heterocycles. The predicted octanol–water partition coefficient (Wildman–Crippen LogP) is 13.2. The number of para-hydroxylation sites is 1. The normalized spacial score (nSPS) is 11.6. The minimum Gasteiger partial charge on any atom is -0.454 e. The van der Waals surface area contributed by atoms with Gasteiger partial charge in [0.05, 0.1) is 16.7 Å². The molecule has 0 atom stereocenters. The fourth-order valence-electron chi connectivity index (χ4n) is 7.94. The number of fused-ring (bicyclic) bond motifs is 6. The molecule has 262 valence electrons. The van der Waals surface area contributed by atoms with Crippen LogP contribution in [0.5, 0.6) is 0 Å². The van der Waals surface area contributed by atoms with E-state index in [0.29, 0.717) is 17.5 Å². The molecule has 11 rings (SSSR count). The summed E-state index contributed by atoms with van der Waals surface area (Å²) >= 11 is 0. The monoisotopic (exact) mass is 716 g/mol. The van der Waals surface area contributed by atoms with Gasteiger partial charge in [-0.1, -0.05) is 158 Å². The van der Waals surface area contributed by atoms with Gasteiger partial charge >= 0.3 is 0 Å². The van der Waals surface area contributed by atoms with Crippen LogP contribution in [0.4, 0.5) is 0 Å². The standard InChI is InChI=1S/C51H32N4O/c1-5-14-33(15-6-1)37-26-29-44-43(30-37)40-27-24-38(34-16-7-2-8-17-34)31-46(40)55(44)45-23-13-22-42-41-28-25-39(32-47(41)56-48(42)45)51-53-49(35-18-9-3-10-19-35)52-50(54-51)36-20-11-4-12-21-36/h1-32H. The molecule has 0 radical (unpaired) electrons. The summed E-state index contributed by atoms with van der Waals surface area (Å²) in [4.78, 5) is 14.8. The Morgan fingerprint density at radius 1 is 0.321 bits per heavy atom.